The number of aryl methyl sites for hydroxylation is 1. The third kappa shape index (κ3) is 1.80. The molecule has 84 valence electrons. The van der Waals surface area contributed by atoms with E-state index in [1.165, 1.54) is 11.3 Å². The summed E-state index contributed by atoms with van der Waals surface area (Å²) in [7, 11) is 0. The molecule has 0 N–H and O–H groups in total. The monoisotopic (exact) mass is 245 g/mol. The van der Waals surface area contributed by atoms with Crippen LogP contribution in [0.5, 0.6) is 0 Å². The number of aromatic nitrogens is 5. The van der Waals surface area contributed by atoms with Gasteiger partial charge in [0.2, 0.25) is 5.82 Å². The molecule has 3 aromatic heterocycles. The Hall–Kier alpha value is -2.15. The maximum absolute atomic E-state index is 5.19. The summed E-state index contributed by atoms with van der Waals surface area (Å²) in [6.07, 6.45) is 4.77. The van der Waals surface area contributed by atoms with E-state index < -0.39 is 0 Å². The lowest BCUT2D eigenvalue weighted by atomic mass is 10.4. The number of thiazole rings is 1. The minimum absolute atomic E-state index is 0.431. The third-order valence-electron chi connectivity index (χ3n) is 2.16. The Morgan fingerprint density at radius 2 is 2.18 bits per heavy atom. The number of hydrogen-bond acceptors (Lipinski definition) is 7. The van der Waals surface area contributed by atoms with E-state index in [2.05, 4.69) is 25.1 Å². The van der Waals surface area contributed by atoms with Crippen molar-refractivity contribution in [2.24, 2.45) is 0 Å². The summed E-state index contributed by atoms with van der Waals surface area (Å²) in [4.78, 5) is 17.4. The van der Waals surface area contributed by atoms with Gasteiger partial charge < -0.3 is 4.52 Å². The fourth-order valence-electron chi connectivity index (χ4n) is 1.34. The molecule has 0 atom stereocenters. The molecule has 0 radical (unpaired) electrons. The molecule has 0 amide bonds. The molecule has 3 aromatic rings. The van der Waals surface area contributed by atoms with E-state index in [4.69, 9.17) is 4.52 Å². The average Bonchev–Trinajstić information content (AvgIpc) is 2.98. The predicted octanol–water partition coefficient (Wildman–Crippen LogP) is 1.96. The van der Waals surface area contributed by atoms with Gasteiger partial charge in [-0.15, -0.1) is 11.3 Å². The van der Waals surface area contributed by atoms with Crippen molar-refractivity contribution < 1.29 is 4.52 Å². The molecule has 0 aliphatic rings. The summed E-state index contributed by atoms with van der Waals surface area (Å²) in [5.74, 6) is 0.895. The van der Waals surface area contributed by atoms with E-state index in [-0.39, 0.29) is 0 Å². The summed E-state index contributed by atoms with van der Waals surface area (Å²) < 4.78 is 5.19. The molecule has 0 aliphatic carbocycles. The molecule has 6 nitrogen and oxygen atoms in total. The fourth-order valence-corrected chi connectivity index (χ4v) is 2.06. The van der Waals surface area contributed by atoms with Crippen molar-refractivity contribution in [2.45, 2.75) is 6.92 Å². The first-order chi connectivity index (χ1) is 8.34. The zero-order valence-corrected chi connectivity index (χ0v) is 9.68. The summed E-state index contributed by atoms with van der Waals surface area (Å²) in [5.41, 5.74) is 3.21. The molecule has 17 heavy (non-hydrogen) atoms. The van der Waals surface area contributed by atoms with Crippen molar-refractivity contribution in [3.8, 4) is 22.3 Å². The SMILES string of the molecule is Cc1ncsc1-c1nc(-c2cnccn2)no1. The van der Waals surface area contributed by atoms with E-state index >= 15 is 0 Å². The highest BCUT2D eigenvalue weighted by Gasteiger charge is 2.14. The molecule has 0 aliphatic heterocycles. The predicted molar refractivity (Wildman–Crippen MR) is 61.2 cm³/mol. The first-order valence-electron chi connectivity index (χ1n) is 4.85. The highest BCUT2D eigenvalue weighted by molar-refractivity contribution is 7.13. The number of hydrogen-bond donors (Lipinski definition) is 0. The van der Waals surface area contributed by atoms with Crippen molar-refractivity contribution in [2.75, 3.05) is 0 Å². The Bertz CT molecular complexity index is 633. The van der Waals surface area contributed by atoms with Crippen LogP contribution in [-0.2, 0) is 0 Å². The summed E-state index contributed by atoms with van der Waals surface area (Å²) >= 11 is 1.47. The third-order valence-corrected chi connectivity index (χ3v) is 3.07. The normalized spacial score (nSPS) is 10.6. The zero-order valence-electron chi connectivity index (χ0n) is 8.86. The second-order valence-corrected chi connectivity index (χ2v) is 4.14. The summed E-state index contributed by atoms with van der Waals surface area (Å²) in [5, 5.41) is 3.87. The van der Waals surface area contributed by atoms with Gasteiger partial charge in [0.25, 0.3) is 5.89 Å². The molecular weight excluding hydrogens is 238 g/mol. The van der Waals surface area contributed by atoms with E-state index in [0.29, 0.717) is 17.4 Å². The molecule has 0 saturated carbocycles. The molecule has 7 heteroatoms. The van der Waals surface area contributed by atoms with Gasteiger partial charge in [-0.1, -0.05) is 5.16 Å². The Kier molecular flexibility index (Phi) is 2.37. The molecule has 3 rings (SSSR count). The van der Waals surface area contributed by atoms with Gasteiger partial charge >= 0.3 is 0 Å². The standard InChI is InChI=1S/C10H7N5OS/c1-6-8(17-5-13-6)10-14-9(15-16-10)7-4-11-2-3-12-7/h2-5H,1H3. The maximum Gasteiger partial charge on any atom is 0.270 e. The van der Waals surface area contributed by atoms with Crippen LogP contribution in [0, 0.1) is 6.92 Å². The lowest BCUT2D eigenvalue weighted by Crippen LogP contribution is -1.86. The van der Waals surface area contributed by atoms with Crippen LogP contribution in [0.1, 0.15) is 5.69 Å². The molecule has 0 fully saturated rings. The Morgan fingerprint density at radius 1 is 1.24 bits per heavy atom. The van der Waals surface area contributed by atoms with Crippen molar-refractivity contribution in [1.29, 1.82) is 0 Å². The molecule has 0 saturated heterocycles. The van der Waals surface area contributed by atoms with Gasteiger partial charge in [0, 0.05) is 12.4 Å². The maximum atomic E-state index is 5.19. The van der Waals surface area contributed by atoms with Crippen molar-refractivity contribution in [1.82, 2.24) is 25.1 Å². The highest BCUT2D eigenvalue weighted by atomic mass is 32.1. The Labute approximate surface area is 100 Å². The molecular formula is C10H7N5OS. The van der Waals surface area contributed by atoms with Crippen LogP contribution in [0.3, 0.4) is 0 Å². The lowest BCUT2D eigenvalue weighted by molar-refractivity contribution is 0.432. The first kappa shape index (κ1) is 10.0. The van der Waals surface area contributed by atoms with Crippen molar-refractivity contribution >= 4 is 11.3 Å². The first-order valence-corrected chi connectivity index (χ1v) is 5.73. The van der Waals surface area contributed by atoms with E-state index in [0.717, 1.165) is 10.6 Å². The number of nitrogens with zero attached hydrogens (tertiary/aromatic N) is 5. The second kappa shape index (κ2) is 4.02. The smallest absolute Gasteiger partial charge is 0.270 e. The molecule has 3 heterocycles. The van der Waals surface area contributed by atoms with E-state index in [9.17, 15) is 0 Å². The minimum atomic E-state index is 0.431. The minimum Gasteiger partial charge on any atom is -0.333 e. The van der Waals surface area contributed by atoms with Gasteiger partial charge in [-0.2, -0.15) is 4.98 Å². The summed E-state index contributed by atoms with van der Waals surface area (Å²) in [6.45, 7) is 1.90. The van der Waals surface area contributed by atoms with Gasteiger partial charge in [0.05, 0.1) is 17.4 Å². The highest BCUT2D eigenvalue weighted by Crippen LogP contribution is 2.26. The fraction of sp³-hybridized carbons (Fsp3) is 0.100. The largest absolute Gasteiger partial charge is 0.333 e. The van der Waals surface area contributed by atoms with E-state index in [1.54, 1.807) is 24.1 Å². The molecule has 0 aromatic carbocycles. The van der Waals surface area contributed by atoms with Gasteiger partial charge in [-0.3, -0.25) is 4.98 Å². The summed E-state index contributed by atoms with van der Waals surface area (Å²) in [6, 6.07) is 0. The van der Waals surface area contributed by atoms with Gasteiger partial charge in [0.15, 0.2) is 0 Å². The van der Waals surface area contributed by atoms with Crippen molar-refractivity contribution in [3.63, 3.8) is 0 Å². The topological polar surface area (TPSA) is 77.6 Å². The Balaban J connectivity index is 2.02. The van der Waals surface area contributed by atoms with Gasteiger partial charge in [-0.25, -0.2) is 9.97 Å². The van der Waals surface area contributed by atoms with Gasteiger partial charge in [0.1, 0.15) is 10.6 Å². The van der Waals surface area contributed by atoms with Crippen LogP contribution in [0.15, 0.2) is 28.6 Å². The van der Waals surface area contributed by atoms with Crippen LogP contribution in [0.4, 0.5) is 0 Å². The van der Waals surface area contributed by atoms with Crippen molar-refractivity contribution in [3.05, 3.63) is 29.8 Å². The van der Waals surface area contributed by atoms with Crippen LogP contribution < -0.4 is 0 Å². The lowest BCUT2D eigenvalue weighted by Gasteiger charge is -1.89. The van der Waals surface area contributed by atoms with Crippen LogP contribution >= 0.6 is 11.3 Å². The molecule has 0 spiro atoms. The Morgan fingerprint density at radius 3 is 2.88 bits per heavy atom. The quantitative estimate of drug-likeness (QED) is 0.686. The molecule has 0 bridgehead atoms. The van der Waals surface area contributed by atoms with Crippen LogP contribution in [-0.4, -0.2) is 25.1 Å². The van der Waals surface area contributed by atoms with E-state index in [1.807, 2.05) is 6.92 Å². The molecule has 0 unspecified atom stereocenters. The van der Waals surface area contributed by atoms with Crippen LogP contribution in [0.25, 0.3) is 22.3 Å². The zero-order chi connectivity index (χ0) is 11.7. The van der Waals surface area contributed by atoms with Crippen LogP contribution in [0.2, 0.25) is 0 Å². The number of rotatable bonds is 2. The second-order valence-electron chi connectivity index (χ2n) is 3.28. The average molecular weight is 245 g/mol. The van der Waals surface area contributed by atoms with Gasteiger partial charge in [-0.05, 0) is 6.92 Å².